The Morgan fingerprint density at radius 3 is 2.35 bits per heavy atom. The van der Waals surface area contributed by atoms with Gasteiger partial charge in [0.2, 0.25) is 0 Å². The summed E-state index contributed by atoms with van der Waals surface area (Å²) in [6, 6.07) is 18.4. The Kier molecular flexibility index (Phi) is 19.7. The number of sulfonamides is 1. The molecule has 3 heterocycles. The van der Waals surface area contributed by atoms with Gasteiger partial charge in [-0.2, -0.15) is 13.2 Å². The molecule has 3 aromatic rings. The van der Waals surface area contributed by atoms with Crippen molar-refractivity contribution in [1.82, 2.24) is 24.7 Å². The number of hydrogen-bond acceptors (Lipinski definition) is 12. The topological polar surface area (TPSA) is 109 Å². The molecule has 3 N–H and O–H groups in total. The van der Waals surface area contributed by atoms with Crippen LogP contribution in [-0.2, 0) is 14.8 Å². The number of nitrogens with zero attached hydrogens (tertiary/aromatic N) is 4. The van der Waals surface area contributed by atoms with Crippen molar-refractivity contribution in [2.75, 3.05) is 115 Å². The zero-order chi connectivity index (χ0) is 49.0. The van der Waals surface area contributed by atoms with Gasteiger partial charge in [0.1, 0.15) is 0 Å². The van der Waals surface area contributed by atoms with Gasteiger partial charge in [0, 0.05) is 97.6 Å². The van der Waals surface area contributed by atoms with Gasteiger partial charge in [-0.25, -0.2) is 13.1 Å². The highest BCUT2D eigenvalue weighted by Crippen LogP contribution is 2.42. The van der Waals surface area contributed by atoms with Crippen LogP contribution in [0.25, 0.3) is 5.57 Å². The Hall–Kier alpha value is -3.26. The van der Waals surface area contributed by atoms with Gasteiger partial charge in [-0.3, -0.25) is 14.6 Å². The van der Waals surface area contributed by atoms with E-state index < -0.39 is 38.1 Å². The van der Waals surface area contributed by atoms with Gasteiger partial charge in [0.15, 0.2) is 0 Å². The molecule has 2 atom stereocenters. The zero-order valence-corrected chi connectivity index (χ0v) is 43.2. The quantitative estimate of drug-likeness (QED) is 0.0885. The van der Waals surface area contributed by atoms with E-state index in [-0.39, 0.29) is 22.2 Å². The Balaban J connectivity index is 0.946. The van der Waals surface area contributed by atoms with Crippen molar-refractivity contribution in [2.45, 2.75) is 73.2 Å². The minimum Gasteiger partial charge on any atom is -0.381 e. The van der Waals surface area contributed by atoms with E-state index in [1.165, 1.54) is 72.8 Å². The van der Waals surface area contributed by atoms with E-state index in [4.69, 9.17) is 16.3 Å². The van der Waals surface area contributed by atoms with Crippen LogP contribution >= 0.6 is 35.1 Å². The van der Waals surface area contributed by atoms with Crippen molar-refractivity contribution >= 4 is 68.0 Å². The molecule has 1 amide bonds. The van der Waals surface area contributed by atoms with Gasteiger partial charge in [-0.15, -0.1) is 11.8 Å². The lowest BCUT2D eigenvalue weighted by molar-refractivity contribution is -0.0328. The van der Waals surface area contributed by atoms with Crippen LogP contribution in [0.5, 0.6) is 0 Å². The summed E-state index contributed by atoms with van der Waals surface area (Å²) in [6.07, 6.45) is 7.72. The van der Waals surface area contributed by atoms with Crippen LogP contribution in [0.4, 0.5) is 24.5 Å². The van der Waals surface area contributed by atoms with Crippen molar-refractivity contribution in [3.63, 3.8) is 0 Å². The fourth-order valence-electron chi connectivity index (χ4n) is 9.82. The van der Waals surface area contributed by atoms with Crippen molar-refractivity contribution in [3.8, 4) is 0 Å². The fourth-order valence-corrected chi connectivity index (χ4v) is 12.4. The molecule has 11 nitrogen and oxygen atoms in total. The van der Waals surface area contributed by atoms with Gasteiger partial charge < -0.3 is 25.2 Å². The summed E-state index contributed by atoms with van der Waals surface area (Å²) in [5.41, 5.74) is 0.744. The number of carbonyl (C=O) groups excluding carboxylic acids is 1. The number of morpholine rings is 1. The molecule has 3 saturated heterocycles. The van der Waals surface area contributed by atoms with E-state index in [0.717, 1.165) is 112 Å². The molecule has 69 heavy (non-hydrogen) atoms. The average molecular weight is 1030 g/mol. The smallest absolute Gasteiger partial charge is 0.381 e. The van der Waals surface area contributed by atoms with E-state index in [2.05, 4.69) is 60.7 Å². The number of nitrogens with one attached hydrogen (secondary N) is 3. The van der Waals surface area contributed by atoms with E-state index in [1.807, 2.05) is 31.2 Å². The predicted octanol–water partition coefficient (Wildman–Crippen LogP) is 9.54. The molecule has 3 aromatic carbocycles. The number of piperazine rings is 1. The fraction of sp³-hybridized carbons (Fsp3) is 0.549. The molecule has 0 radical (unpaired) electrons. The molecule has 4 aliphatic rings. The summed E-state index contributed by atoms with van der Waals surface area (Å²) in [4.78, 5) is 23.1. The summed E-state index contributed by atoms with van der Waals surface area (Å²) >= 11 is 7.42. The number of halogens is 4. The number of allylic oxidation sites excluding steroid dienone is 2. The number of thioether (sulfide) groups is 2. The Labute approximate surface area is 421 Å². The number of hydrogen-bond donors (Lipinski definition) is 3. The Morgan fingerprint density at radius 2 is 1.67 bits per heavy atom. The molecular formula is C51H69ClF3N7O4S3. The van der Waals surface area contributed by atoms with E-state index >= 15 is 0 Å². The first-order valence-corrected chi connectivity index (χ1v) is 28.0. The molecule has 2 unspecified atom stereocenters. The third-order valence-electron chi connectivity index (χ3n) is 13.7. The molecular weight excluding hydrogens is 963 g/mol. The summed E-state index contributed by atoms with van der Waals surface area (Å²) in [6.45, 7) is 18.2. The lowest BCUT2D eigenvalue weighted by Crippen LogP contribution is -2.47. The van der Waals surface area contributed by atoms with Crippen LogP contribution in [0.15, 0.2) is 93.6 Å². The number of anilines is 2. The van der Waals surface area contributed by atoms with Crippen molar-refractivity contribution in [3.05, 3.63) is 99.9 Å². The van der Waals surface area contributed by atoms with Gasteiger partial charge in [-0.05, 0) is 173 Å². The predicted molar refractivity (Wildman–Crippen MR) is 278 cm³/mol. The number of ether oxygens (including phenoxy) is 1. The maximum absolute atomic E-state index is 13.9. The second-order valence-electron chi connectivity index (χ2n) is 19.0. The maximum atomic E-state index is 13.9. The molecule has 18 heteroatoms. The molecule has 378 valence electrons. The second-order valence-corrected chi connectivity index (χ2v) is 23.5. The molecule has 0 saturated carbocycles. The zero-order valence-electron chi connectivity index (χ0n) is 40.0. The van der Waals surface area contributed by atoms with Gasteiger partial charge in [-0.1, -0.05) is 35.9 Å². The molecule has 3 aliphatic heterocycles. The highest BCUT2D eigenvalue weighted by molar-refractivity contribution is 8.03. The monoisotopic (exact) mass is 1030 g/mol. The Bertz CT molecular complexity index is 2300. The number of piperidine rings is 1. The number of rotatable bonds is 21. The Morgan fingerprint density at radius 1 is 0.957 bits per heavy atom. The summed E-state index contributed by atoms with van der Waals surface area (Å²) in [5, 5.41) is 7.48. The number of benzene rings is 3. The molecule has 0 aromatic heterocycles. The molecule has 3 fully saturated rings. The van der Waals surface area contributed by atoms with Gasteiger partial charge in [0.25, 0.3) is 15.9 Å². The van der Waals surface area contributed by atoms with Crippen LogP contribution < -0.4 is 20.3 Å². The lowest BCUT2D eigenvalue weighted by Gasteiger charge is -2.38. The SMILES string of the molecule is C=C(C)SCC(CCN1CCOCC1)Nc1ccc(S(=O)(=O)NC(=O)c2ccc(N3CCN(CC4=C(c5ccc(Cl)cc5)CCC(CCN(C)CC5CCNCC5)C4)CC3)cc2)cc1SC(F)(F)F. The number of amides is 1. The highest BCUT2D eigenvalue weighted by Gasteiger charge is 2.33. The summed E-state index contributed by atoms with van der Waals surface area (Å²) < 4.78 is 76.4. The average Bonchev–Trinajstić information content (AvgIpc) is 3.33. The highest BCUT2D eigenvalue weighted by atomic mass is 35.5. The molecule has 1 aliphatic carbocycles. The maximum Gasteiger partial charge on any atom is 0.446 e. The number of alkyl halides is 3. The third kappa shape index (κ3) is 16.6. The second kappa shape index (κ2) is 25.4. The largest absolute Gasteiger partial charge is 0.446 e. The third-order valence-corrected chi connectivity index (χ3v) is 17.1. The van der Waals surface area contributed by atoms with Crippen molar-refractivity contribution in [1.29, 1.82) is 0 Å². The standard InChI is InChI=1S/C51H69ClF3N7O4S3/c1-37(2)67-36-44(19-23-60-28-30-66-31-29-60)57-48-15-13-46(33-49(48)68-51(53,54)55)69(64,65)58-50(63)41-7-11-45(12-8-41)62-26-24-61(25-27-62)35-42-32-38(4-14-47(42)40-5-9-43(52)10-6-40)18-22-59(3)34-39-16-20-56-21-17-39/h5-13,15,33,38-39,44,56-57H,1,4,14,16-32,34-36H2,2-3H3,(H,58,63). The molecule has 7 rings (SSSR count). The first kappa shape index (κ1) is 53.5. The molecule has 0 bridgehead atoms. The van der Waals surface area contributed by atoms with Crippen LogP contribution in [0.3, 0.4) is 0 Å². The number of carbonyl (C=O) groups is 1. The van der Waals surface area contributed by atoms with Crippen LogP contribution in [-0.4, -0.2) is 145 Å². The van der Waals surface area contributed by atoms with Crippen LogP contribution in [0.2, 0.25) is 5.02 Å². The van der Waals surface area contributed by atoms with Crippen molar-refractivity contribution in [2.24, 2.45) is 11.8 Å². The first-order valence-electron chi connectivity index (χ1n) is 24.3. The minimum atomic E-state index is -4.69. The molecule has 0 spiro atoms. The summed E-state index contributed by atoms with van der Waals surface area (Å²) in [7, 11) is -2.26. The van der Waals surface area contributed by atoms with Gasteiger partial charge >= 0.3 is 5.51 Å². The van der Waals surface area contributed by atoms with E-state index in [9.17, 15) is 26.4 Å². The van der Waals surface area contributed by atoms with Gasteiger partial charge in [0.05, 0.1) is 18.1 Å². The van der Waals surface area contributed by atoms with Crippen molar-refractivity contribution < 1.29 is 31.1 Å². The lowest BCUT2D eigenvalue weighted by atomic mass is 9.79. The van der Waals surface area contributed by atoms with E-state index in [0.29, 0.717) is 31.3 Å². The first-order chi connectivity index (χ1) is 33.1. The summed E-state index contributed by atoms with van der Waals surface area (Å²) in [5.74, 6) is 1.12. The van der Waals surface area contributed by atoms with Crippen LogP contribution in [0.1, 0.15) is 67.8 Å². The minimum absolute atomic E-state index is 0.119. The van der Waals surface area contributed by atoms with Crippen LogP contribution in [0, 0.1) is 11.8 Å². The normalized spacial score (nSPS) is 19.8. The van der Waals surface area contributed by atoms with E-state index in [1.54, 1.807) is 12.1 Å².